The van der Waals surface area contributed by atoms with Gasteiger partial charge in [-0.3, -0.25) is 0 Å². The van der Waals surface area contributed by atoms with Gasteiger partial charge in [-0.2, -0.15) is 0 Å². The van der Waals surface area contributed by atoms with E-state index in [1.807, 2.05) is 28.2 Å². The average Bonchev–Trinajstić information content (AvgIpc) is 1.97. The fourth-order valence-electron chi connectivity index (χ4n) is 1.19. The van der Waals surface area contributed by atoms with E-state index in [2.05, 4.69) is 0 Å². The molecule has 16 heavy (non-hydrogen) atoms. The maximum absolute atomic E-state index is 9.45. The first-order chi connectivity index (χ1) is 7.31. The molecule has 0 fully saturated rings. The number of aliphatic hydroxyl groups excluding tert-OH is 2. The molecule has 2 N–H and O–H groups in total. The van der Waals surface area contributed by atoms with E-state index in [9.17, 15) is 10.2 Å². The van der Waals surface area contributed by atoms with Gasteiger partial charge in [-0.25, -0.2) is 0 Å². The molecule has 0 amide bonds. The van der Waals surface area contributed by atoms with Gasteiger partial charge in [0.2, 0.25) is 0 Å². The number of hydrogen-bond donors (Lipinski definition) is 2. The van der Waals surface area contributed by atoms with E-state index in [0.29, 0.717) is 13.1 Å². The molecule has 0 saturated carbocycles. The van der Waals surface area contributed by atoms with E-state index < -0.39 is 18.9 Å². The minimum absolute atomic E-state index is 0.386. The van der Waals surface area contributed by atoms with Gasteiger partial charge in [-0.1, -0.05) is 0 Å². The summed E-state index contributed by atoms with van der Waals surface area (Å²) >= 11 is 0. The third kappa shape index (κ3) is 9.02. The van der Waals surface area contributed by atoms with Crippen molar-refractivity contribution in [1.82, 2.24) is 9.80 Å². The summed E-state index contributed by atoms with van der Waals surface area (Å²) in [4.78, 5) is 3.60. The topological polar surface area (TPSA) is 65.4 Å². The molecule has 6 nitrogen and oxygen atoms in total. The first kappa shape index (κ1) is 15.8. The molecule has 0 aromatic heterocycles. The second-order valence-electron chi connectivity index (χ2n) is 4.27. The average molecular weight is 236 g/mol. The van der Waals surface area contributed by atoms with Crippen LogP contribution in [-0.2, 0) is 9.47 Å². The Hall–Kier alpha value is -0.240. The van der Waals surface area contributed by atoms with Gasteiger partial charge in [0.05, 0.1) is 0 Å². The Kier molecular flexibility index (Phi) is 7.82. The summed E-state index contributed by atoms with van der Waals surface area (Å²) in [6.45, 7) is 2.41. The van der Waals surface area contributed by atoms with Crippen LogP contribution < -0.4 is 0 Å². The minimum atomic E-state index is -0.920. The molecule has 0 aliphatic heterocycles. The first-order valence-electron chi connectivity index (χ1n) is 5.27. The lowest BCUT2D eigenvalue weighted by molar-refractivity contribution is -0.271. The first-order valence-corrected chi connectivity index (χ1v) is 5.27. The van der Waals surface area contributed by atoms with Crippen molar-refractivity contribution in [3.63, 3.8) is 0 Å². The molecule has 0 saturated heterocycles. The zero-order valence-corrected chi connectivity index (χ0v) is 10.8. The van der Waals surface area contributed by atoms with Crippen molar-refractivity contribution in [2.75, 3.05) is 41.3 Å². The second kappa shape index (κ2) is 7.94. The van der Waals surface area contributed by atoms with Crippen molar-refractivity contribution in [3.05, 3.63) is 0 Å². The van der Waals surface area contributed by atoms with Gasteiger partial charge in [-0.05, 0) is 35.1 Å². The van der Waals surface area contributed by atoms with Crippen LogP contribution in [0.3, 0.4) is 0 Å². The van der Waals surface area contributed by atoms with Crippen LogP contribution >= 0.6 is 0 Å². The number of rotatable bonds is 8. The lowest BCUT2D eigenvalue weighted by Crippen LogP contribution is -2.36. The van der Waals surface area contributed by atoms with Crippen LogP contribution in [0.15, 0.2) is 0 Å². The van der Waals surface area contributed by atoms with Gasteiger partial charge >= 0.3 is 0 Å². The Balaban J connectivity index is 3.75. The second-order valence-corrected chi connectivity index (χ2v) is 4.27. The van der Waals surface area contributed by atoms with Crippen LogP contribution in [0.1, 0.15) is 6.92 Å². The lowest BCUT2D eigenvalue weighted by atomic mass is 10.5. The Labute approximate surface area is 97.4 Å². The zero-order valence-electron chi connectivity index (χ0n) is 10.8. The number of likely N-dealkylation sites (N-methyl/N-ethyl adjacent to an activating group) is 2. The van der Waals surface area contributed by atoms with E-state index >= 15 is 0 Å². The quantitative estimate of drug-likeness (QED) is 0.534. The highest BCUT2D eigenvalue weighted by molar-refractivity contribution is 4.50. The number of hydrogen-bond acceptors (Lipinski definition) is 6. The maximum atomic E-state index is 9.45. The molecule has 0 heterocycles. The Bertz CT molecular complexity index is 160. The Morgan fingerprint density at radius 1 is 0.875 bits per heavy atom. The molecular weight excluding hydrogens is 212 g/mol. The van der Waals surface area contributed by atoms with Gasteiger partial charge in [0, 0.05) is 13.1 Å². The van der Waals surface area contributed by atoms with Crippen LogP contribution in [0.25, 0.3) is 0 Å². The summed E-state index contributed by atoms with van der Waals surface area (Å²) < 4.78 is 10.3. The third-order valence-electron chi connectivity index (χ3n) is 1.74. The fourth-order valence-corrected chi connectivity index (χ4v) is 1.19. The maximum Gasteiger partial charge on any atom is 0.170 e. The van der Waals surface area contributed by atoms with E-state index in [1.165, 1.54) is 0 Å². The van der Waals surface area contributed by atoms with Gasteiger partial charge in [0.1, 0.15) is 0 Å². The summed E-state index contributed by atoms with van der Waals surface area (Å²) in [5, 5.41) is 18.9. The molecule has 0 aromatic carbocycles. The summed E-state index contributed by atoms with van der Waals surface area (Å²) in [5.74, 6) is 0. The van der Waals surface area contributed by atoms with Crippen LogP contribution in [0, 0.1) is 0 Å². The van der Waals surface area contributed by atoms with Crippen molar-refractivity contribution in [3.8, 4) is 0 Å². The minimum Gasteiger partial charge on any atom is -0.367 e. The van der Waals surface area contributed by atoms with Gasteiger partial charge in [0.25, 0.3) is 0 Å². The van der Waals surface area contributed by atoms with Gasteiger partial charge in [0.15, 0.2) is 18.9 Å². The predicted octanol–water partition coefficient (Wildman–Crippen LogP) is -0.874. The van der Waals surface area contributed by atoms with Crippen molar-refractivity contribution in [1.29, 1.82) is 0 Å². The van der Waals surface area contributed by atoms with Gasteiger partial charge in [-0.15, -0.1) is 0 Å². The Morgan fingerprint density at radius 3 is 1.44 bits per heavy atom. The smallest absolute Gasteiger partial charge is 0.170 e. The van der Waals surface area contributed by atoms with Crippen LogP contribution in [0.2, 0.25) is 0 Å². The van der Waals surface area contributed by atoms with E-state index in [1.54, 1.807) is 16.7 Å². The molecule has 6 heteroatoms. The van der Waals surface area contributed by atoms with E-state index in [4.69, 9.17) is 9.47 Å². The number of nitrogens with zero attached hydrogens (tertiary/aromatic N) is 2. The highest BCUT2D eigenvalue weighted by Gasteiger charge is 2.15. The highest BCUT2D eigenvalue weighted by Crippen LogP contribution is 2.02. The summed E-state index contributed by atoms with van der Waals surface area (Å²) in [6.07, 6.45) is -2.49. The molecule has 98 valence electrons. The van der Waals surface area contributed by atoms with Crippen LogP contribution in [-0.4, -0.2) is 80.2 Å². The van der Waals surface area contributed by atoms with E-state index in [0.717, 1.165) is 0 Å². The molecule has 0 spiro atoms. The lowest BCUT2D eigenvalue weighted by Gasteiger charge is -2.24. The SMILES string of the molecule is CC(OC(O)CN(C)C)OC(O)CN(C)C. The molecule has 0 aliphatic rings. The third-order valence-corrected chi connectivity index (χ3v) is 1.74. The summed E-state index contributed by atoms with van der Waals surface area (Å²) in [7, 11) is 7.33. The summed E-state index contributed by atoms with van der Waals surface area (Å²) in [6, 6.07) is 0. The molecule has 0 bridgehead atoms. The monoisotopic (exact) mass is 236 g/mol. The molecular formula is C10H24N2O4. The van der Waals surface area contributed by atoms with Crippen molar-refractivity contribution < 1.29 is 19.7 Å². The molecule has 0 radical (unpaired) electrons. The molecule has 0 aliphatic carbocycles. The van der Waals surface area contributed by atoms with Crippen molar-refractivity contribution in [2.24, 2.45) is 0 Å². The largest absolute Gasteiger partial charge is 0.367 e. The highest BCUT2D eigenvalue weighted by atomic mass is 16.8. The van der Waals surface area contributed by atoms with E-state index in [-0.39, 0.29) is 0 Å². The predicted molar refractivity (Wildman–Crippen MR) is 60.8 cm³/mol. The molecule has 2 atom stereocenters. The fraction of sp³-hybridized carbons (Fsp3) is 1.00. The zero-order chi connectivity index (χ0) is 12.7. The standard InChI is InChI=1S/C10H24N2O4/c1-8(15-9(13)6-11(2)3)16-10(14)7-12(4)5/h8-10,13-14H,6-7H2,1-5H3. The van der Waals surface area contributed by atoms with Gasteiger partial charge < -0.3 is 29.5 Å². The molecule has 0 aromatic rings. The number of aliphatic hydroxyl groups is 2. The number of ether oxygens (including phenoxy) is 2. The van der Waals surface area contributed by atoms with Crippen LogP contribution in [0.5, 0.6) is 0 Å². The molecule has 2 unspecified atom stereocenters. The summed E-state index contributed by atoms with van der Waals surface area (Å²) in [5.41, 5.74) is 0. The Morgan fingerprint density at radius 2 is 1.19 bits per heavy atom. The van der Waals surface area contributed by atoms with Crippen molar-refractivity contribution >= 4 is 0 Å². The molecule has 0 rings (SSSR count). The normalized spacial score (nSPS) is 17.8. The van der Waals surface area contributed by atoms with Crippen molar-refractivity contribution in [2.45, 2.75) is 25.8 Å². The van der Waals surface area contributed by atoms with Crippen LogP contribution in [0.4, 0.5) is 0 Å².